The van der Waals surface area contributed by atoms with Crippen molar-refractivity contribution in [3.8, 4) is 5.75 Å². The van der Waals surface area contributed by atoms with E-state index in [0.717, 1.165) is 5.56 Å². The summed E-state index contributed by atoms with van der Waals surface area (Å²) in [5.41, 5.74) is 0.720. The molecule has 0 aliphatic heterocycles. The number of carbonyl (C=O) groups excluding carboxylic acids is 1. The maximum atomic E-state index is 13.5. The number of carbonyl (C=O) groups is 1. The molecule has 0 aromatic heterocycles. The Balaban J connectivity index is 1.80. The quantitative estimate of drug-likeness (QED) is 0.793. The van der Waals surface area contributed by atoms with Crippen molar-refractivity contribution in [3.05, 3.63) is 29.6 Å². The fraction of sp³-hybridized carbons (Fsp3) is 0.562. The molecule has 1 aromatic carbocycles. The Hall–Kier alpha value is -1.03. The molecular formula is C16H21FO2S. The normalized spacial score (nSPS) is 16.1. The first-order valence-corrected chi connectivity index (χ1v) is 8.19. The van der Waals surface area contributed by atoms with Crippen molar-refractivity contribution < 1.29 is 13.9 Å². The van der Waals surface area contributed by atoms with E-state index in [9.17, 15) is 9.18 Å². The monoisotopic (exact) mass is 296 g/mol. The van der Waals surface area contributed by atoms with Crippen LogP contribution in [0.3, 0.4) is 0 Å². The highest BCUT2D eigenvalue weighted by Gasteiger charge is 2.15. The molecule has 1 fully saturated rings. The number of methoxy groups -OCH3 is 1. The molecule has 0 radical (unpaired) electrons. The smallest absolute Gasteiger partial charge is 0.165 e. The highest BCUT2D eigenvalue weighted by atomic mass is 32.2. The number of Topliss-reactive ketones (excluding diaryl/α,β-unsaturated/α-hetero) is 1. The van der Waals surface area contributed by atoms with Crippen LogP contribution in [0.2, 0.25) is 0 Å². The molecule has 0 amide bonds. The highest BCUT2D eigenvalue weighted by molar-refractivity contribution is 8.00. The van der Waals surface area contributed by atoms with E-state index in [1.54, 1.807) is 23.9 Å². The van der Waals surface area contributed by atoms with E-state index >= 15 is 0 Å². The number of hydrogen-bond acceptors (Lipinski definition) is 3. The molecule has 0 saturated heterocycles. The summed E-state index contributed by atoms with van der Waals surface area (Å²) in [7, 11) is 1.43. The predicted octanol–water partition coefficient (Wildman–Crippen LogP) is 4.01. The van der Waals surface area contributed by atoms with Gasteiger partial charge in [-0.25, -0.2) is 4.39 Å². The van der Waals surface area contributed by atoms with Crippen LogP contribution in [-0.4, -0.2) is 23.9 Å². The van der Waals surface area contributed by atoms with Gasteiger partial charge in [-0.15, -0.1) is 0 Å². The predicted molar refractivity (Wildman–Crippen MR) is 81.0 cm³/mol. The lowest BCUT2D eigenvalue weighted by Gasteiger charge is -2.20. The average Bonchev–Trinajstić information content (AvgIpc) is 2.46. The van der Waals surface area contributed by atoms with Crippen LogP contribution in [0, 0.1) is 5.82 Å². The third-order valence-corrected chi connectivity index (χ3v) is 5.08. The first-order chi connectivity index (χ1) is 9.69. The molecule has 1 saturated carbocycles. The van der Waals surface area contributed by atoms with Crippen molar-refractivity contribution in [2.75, 3.05) is 12.9 Å². The topological polar surface area (TPSA) is 26.3 Å². The van der Waals surface area contributed by atoms with Crippen molar-refractivity contribution in [2.45, 2.75) is 43.8 Å². The summed E-state index contributed by atoms with van der Waals surface area (Å²) in [6.07, 6.45) is 6.67. The number of thioether (sulfide) groups is 1. The van der Waals surface area contributed by atoms with Crippen LogP contribution in [0.25, 0.3) is 0 Å². The van der Waals surface area contributed by atoms with Gasteiger partial charge in [0.15, 0.2) is 11.6 Å². The van der Waals surface area contributed by atoms with Crippen LogP contribution in [0.1, 0.15) is 37.7 Å². The molecule has 0 N–H and O–H groups in total. The van der Waals surface area contributed by atoms with Crippen LogP contribution in [0.5, 0.6) is 5.75 Å². The van der Waals surface area contributed by atoms with Gasteiger partial charge in [-0.1, -0.05) is 25.3 Å². The second-order valence-corrected chi connectivity index (χ2v) is 6.54. The number of rotatable bonds is 6. The second kappa shape index (κ2) is 7.67. The van der Waals surface area contributed by atoms with E-state index in [0.29, 0.717) is 17.4 Å². The molecule has 0 unspecified atom stereocenters. The number of hydrogen-bond donors (Lipinski definition) is 0. The molecule has 0 bridgehead atoms. The van der Waals surface area contributed by atoms with Crippen molar-refractivity contribution >= 4 is 17.5 Å². The Labute approximate surface area is 124 Å². The van der Waals surface area contributed by atoms with Gasteiger partial charge in [-0.05, 0) is 30.5 Å². The summed E-state index contributed by atoms with van der Waals surface area (Å²) in [6.45, 7) is 0. The number of benzene rings is 1. The van der Waals surface area contributed by atoms with Crippen LogP contribution in [-0.2, 0) is 11.2 Å². The van der Waals surface area contributed by atoms with Gasteiger partial charge in [0.2, 0.25) is 0 Å². The summed E-state index contributed by atoms with van der Waals surface area (Å²) in [5.74, 6) is 0.527. The Morgan fingerprint density at radius 1 is 1.35 bits per heavy atom. The maximum absolute atomic E-state index is 13.5. The lowest BCUT2D eigenvalue weighted by molar-refractivity contribution is -0.116. The van der Waals surface area contributed by atoms with Gasteiger partial charge in [0, 0.05) is 11.7 Å². The summed E-state index contributed by atoms with van der Waals surface area (Å²) < 4.78 is 18.4. The fourth-order valence-electron chi connectivity index (χ4n) is 2.54. The van der Waals surface area contributed by atoms with Gasteiger partial charge in [0.05, 0.1) is 12.9 Å². The minimum Gasteiger partial charge on any atom is -0.494 e. The number of ketones is 1. The average molecular weight is 296 g/mol. The van der Waals surface area contributed by atoms with E-state index < -0.39 is 5.82 Å². The molecule has 4 heteroatoms. The first-order valence-electron chi connectivity index (χ1n) is 7.15. The second-order valence-electron chi connectivity index (χ2n) is 5.26. The van der Waals surface area contributed by atoms with E-state index in [1.807, 2.05) is 0 Å². The zero-order valence-corrected chi connectivity index (χ0v) is 12.7. The standard InChI is InChI=1S/C16H21FO2S/c1-19-16-8-7-12(10-15(16)17)9-13(18)11-20-14-5-3-2-4-6-14/h7-8,10,14H,2-6,9,11H2,1H3. The summed E-state index contributed by atoms with van der Waals surface area (Å²) in [4.78, 5) is 11.9. The Morgan fingerprint density at radius 3 is 2.75 bits per heavy atom. The molecule has 1 aromatic rings. The molecule has 0 spiro atoms. The van der Waals surface area contributed by atoms with E-state index in [4.69, 9.17) is 4.74 Å². The van der Waals surface area contributed by atoms with Gasteiger partial charge in [-0.3, -0.25) is 4.79 Å². The molecule has 0 heterocycles. The third-order valence-electron chi connectivity index (χ3n) is 3.65. The third kappa shape index (κ3) is 4.51. The largest absolute Gasteiger partial charge is 0.494 e. The molecule has 2 rings (SSSR count). The molecule has 110 valence electrons. The summed E-state index contributed by atoms with van der Waals surface area (Å²) in [5, 5.41) is 0.639. The van der Waals surface area contributed by atoms with Crippen molar-refractivity contribution in [1.29, 1.82) is 0 Å². The zero-order chi connectivity index (χ0) is 14.4. The fourth-order valence-corrected chi connectivity index (χ4v) is 3.73. The number of halogens is 1. The Bertz CT molecular complexity index is 456. The van der Waals surface area contributed by atoms with Crippen molar-refractivity contribution in [3.63, 3.8) is 0 Å². The highest BCUT2D eigenvalue weighted by Crippen LogP contribution is 2.28. The maximum Gasteiger partial charge on any atom is 0.165 e. The van der Waals surface area contributed by atoms with Crippen molar-refractivity contribution in [2.24, 2.45) is 0 Å². The minimum absolute atomic E-state index is 0.171. The molecular weight excluding hydrogens is 275 g/mol. The van der Waals surface area contributed by atoms with Gasteiger partial charge in [0.1, 0.15) is 5.78 Å². The molecule has 2 nitrogen and oxygen atoms in total. The van der Waals surface area contributed by atoms with Crippen LogP contribution < -0.4 is 4.74 Å². The first kappa shape index (κ1) is 15.4. The van der Waals surface area contributed by atoms with Crippen molar-refractivity contribution in [1.82, 2.24) is 0 Å². The summed E-state index contributed by atoms with van der Waals surface area (Å²) >= 11 is 1.77. The Morgan fingerprint density at radius 2 is 2.10 bits per heavy atom. The molecule has 1 aliphatic rings. The number of ether oxygens (including phenoxy) is 1. The van der Waals surface area contributed by atoms with Crippen LogP contribution in [0.15, 0.2) is 18.2 Å². The SMILES string of the molecule is COc1ccc(CC(=O)CSC2CCCCC2)cc1F. The van der Waals surface area contributed by atoms with Gasteiger partial charge in [-0.2, -0.15) is 11.8 Å². The summed E-state index contributed by atoms with van der Waals surface area (Å²) in [6, 6.07) is 4.72. The zero-order valence-electron chi connectivity index (χ0n) is 11.9. The lowest BCUT2D eigenvalue weighted by atomic mass is 10.0. The van der Waals surface area contributed by atoms with Crippen LogP contribution >= 0.6 is 11.8 Å². The van der Waals surface area contributed by atoms with Gasteiger partial charge in [0.25, 0.3) is 0 Å². The molecule has 20 heavy (non-hydrogen) atoms. The van der Waals surface area contributed by atoms with E-state index in [1.165, 1.54) is 45.3 Å². The molecule has 0 atom stereocenters. The Kier molecular flexibility index (Phi) is 5.89. The molecule has 1 aliphatic carbocycles. The van der Waals surface area contributed by atoms with Gasteiger partial charge >= 0.3 is 0 Å². The van der Waals surface area contributed by atoms with E-state index in [2.05, 4.69) is 0 Å². The van der Waals surface area contributed by atoms with Crippen LogP contribution in [0.4, 0.5) is 4.39 Å². The lowest BCUT2D eigenvalue weighted by Crippen LogP contribution is -2.13. The minimum atomic E-state index is -0.405. The van der Waals surface area contributed by atoms with Gasteiger partial charge < -0.3 is 4.74 Å². The van der Waals surface area contributed by atoms with E-state index in [-0.39, 0.29) is 11.5 Å².